The van der Waals surface area contributed by atoms with Gasteiger partial charge in [0.25, 0.3) is 5.91 Å². The maximum Gasteiger partial charge on any atom is 0.329 e. The molecule has 1 aromatic rings. The third-order valence-corrected chi connectivity index (χ3v) is 8.52. The zero-order valence-electron chi connectivity index (χ0n) is 25.5. The molecule has 1 heterocycles. The average molecular weight is 584 g/mol. The lowest BCUT2D eigenvalue weighted by molar-refractivity contribution is -0.153. The number of benzene rings is 1. The van der Waals surface area contributed by atoms with Crippen molar-refractivity contribution in [3.63, 3.8) is 0 Å². The molecule has 9 nitrogen and oxygen atoms in total. The molecule has 1 N–H and O–H groups in total. The highest BCUT2D eigenvalue weighted by molar-refractivity contribution is 6.38. The Morgan fingerprint density at radius 2 is 1.83 bits per heavy atom. The third-order valence-electron chi connectivity index (χ3n) is 8.52. The molecule has 1 amide bonds. The number of carboxylic acids is 1. The van der Waals surface area contributed by atoms with Gasteiger partial charge in [-0.3, -0.25) is 14.4 Å². The van der Waals surface area contributed by atoms with Gasteiger partial charge in [-0.05, 0) is 68.6 Å². The Morgan fingerprint density at radius 3 is 2.50 bits per heavy atom. The van der Waals surface area contributed by atoms with E-state index in [0.717, 1.165) is 24.0 Å². The fourth-order valence-electron chi connectivity index (χ4n) is 5.53. The molecule has 0 bridgehead atoms. The summed E-state index contributed by atoms with van der Waals surface area (Å²) in [5, 5.41) is 9.06. The van der Waals surface area contributed by atoms with Crippen LogP contribution in [-0.2, 0) is 30.3 Å². The van der Waals surface area contributed by atoms with Crippen LogP contribution in [0.3, 0.4) is 0 Å². The summed E-state index contributed by atoms with van der Waals surface area (Å²) in [7, 11) is 3.17. The lowest BCUT2D eigenvalue weighted by atomic mass is 9.80. The number of carbonyl (C=O) groups is 4. The Balaban J connectivity index is 1.82. The van der Waals surface area contributed by atoms with E-state index in [4.69, 9.17) is 19.3 Å². The second-order valence-electron chi connectivity index (χ2n) is 11.7. The van der Waals surface area contributed by atoms with Crippen molar-refractivity contribution in [2.24, 2.45) is 11.3 Å². The van der Waals surface area contributed by atoms with Crippen molar-refractivity contribution in [2.75, 3.05) is 27.4 Å². The van der Waals surface area contributed by atoms with Crippen LogP contribution in [0, 0.1) is 11.3 Å². The molecule has 0 aromatic heterocycles. The SMILES string of the molecule is CCC(C)(C)C(=O)C(=O)N1CCCCC1C(=O)CC(CCc1ccc(OC)c(OC)c1)C1=CC=CC(OCC(=O)O)C1. The zero-order valence-corrected chi connectivity index (χ0v) is 25.5. The van der Waals surface area contributed by atoms with Crippen LogP contribution in [-0.4, -0.2) is 73.0 Å². The summed E-state index contributed by atoms with van der Waals surface area (Å²) >= 11 is 0. The van der Waals surface area contributed by atoms with Crippen LogP contribution in [0.1, 0.15) is 71.3 Å². The fraction of sp³-hybridized carbons (Fsp3) is 0.576. The molecule has 1 fully saturated rings. The van der Waals surface area contributed by atoms with Crippen molar-refractivity contribution >= 4 is 23.4 Å². The number of ketones is 2. The van der Waals surface area contributed by atoms with Crippen LogP contribution in [0.25, 0.3) is 0 Å². The Kier molecular flexibility index (Phi) is 11.9. The molecule has 0 spiro atoms. The summed E-state index contributed by atoms with van der Waals surface area (Å²) in [5.74, 6) is -1.01. The normalized spacial score (nSPS) is 19.5. The molecule has 1 aliphatic heterocycles. The second-order valence-corrected chi connectivity index (χ2v) is 11.7. The molecule has 3 unspecified atom stereocenters. The van der Waals surface area contributed by atoms with Gasteiger partial charge in [-0.2, -0.15) is 0 Å². The van der Waals surface area contributed by atoms with E-state index in [1.807, 2.05) is 43.4 Å². The first kappa shape index (κ1) is 33.0. The highest BCUT2D eigenvalue weighted by Gasteiger charge is 2.40. The van der Waals surface area contributed by atoms with Crippen LogP contribution in [0.15, 0.2) is 42.0 Å². The minimum atomic E-state index is -1.04. The topological polar surface area (TPSA) is 119 Å². The summed E-state index contributed by atoms with van der Waals surface area (Å²) in [6.45, 7) is 5.41. The van der Waals surface area contributed by atoms with Gasteiger partial charge >= 0.3 is 5.97 Å². The summed E-state index contributed by atoms with van der Waals surface area (Å²) in [6, 6.07) is 5.11. The van der Waals surface area contributed by atoms with E-state index < -0.39 is 41.8 Å². The lowest BCUT2D eigenvalue weighted by Crippen LogP contribution is -2.52. The van der Waals surface area contributed by atoms with E-state index in [2.05, 4.69) is 0 Å². The summed E-state index contributed by atoms with van der Waals surface area (Å²) < 4.78 is 16.4. The summed E-state index contributed by atoms with van der Waals surface area (Å²) in [5.41, 5.74) is 1.24. The van der Waals surface area contributed by atoms with E-state index in [1.165, 1.54) is 4.90 Å². The third kappa shape index (κ3) is 8.53. The van der Waals surface area contributed by atoms with E-state index in [1.54, 1.807) is 28.1 Å². The number of Topliss-reactive ketones (excluding diaryl/α,β-unsaturated/α-hetero) is 2. The highest BCUT2D eigenvalue weighted by Crippen LogP contribution is 2.34. The molecule has 42 heavy (non-hydrogen) atoms. The van der Waals surface area contributed by atoms with Gasteiger partial charge in [0.15, 0.2) is 17.3 Å². The van der Waals surface area contributed by atoms with Gasteiger partial charge in [0, 0.05) is 18.4 Å². The standard InChI is InChI=1S/C33H45NO8/c1-6-33(2,3)31(38)32(39)34-17-8-7-12-26(34)27(35)20-24(23-10-9-11-25(19-23)42-21-30(36)37)15-13-22-14-16-28(40-4)29(18-22)41-5/h9-11,14,16,18,24-26H,6-8,12-13,15,17,19-21H2,1-5H3,(H,36,37). The number of allylic oxidation sites excluding steroid dienone is 2. The van der Waals surface area contributed by atoms with Gasteiger partial charge in [0.1, 0.15) is 6.61 Å². The number of aliphatic carboxylic acids is 1. The van der Waals surface area contributed by atoms with Crippen molar-refractivity contribution in [1.29, 1.82) is 0 Å². The molecule has 3 rings (SSSR count). The quantitative estimate of drug-likeness (QED) is 0.288. The van der Waals surface area contributed by atoms with Gasteiger partial charge in [0.2, 0.25) is 5.78 Å². The van der Waals surface area contributed by atoms with Crippen LogP contribution < -0.4 is 9.47 Å². The molecule has 0 saturated carbocycles. The largest absolute Gasteiger partial charge is 0.493 e. The zero-order chi connectivity index (χ0) is 30.9. The molecule has 2 aliphatic rings. The lowest BCUT2D eigenvalue weighted by Gasteiger charge is -2.37. The Morgan fingerprint density at radius 1 is 1.10 bits per heavy atom. The molecule has 0 radical (unpaired) electrons. The number of piperidine rings is 1. The number of likely N-dealkylation sites (tertiary alicyclic amines) is 1. The molecule has 1 aromatic carbocycles. The van der Waals surface area contributed by atoms with Crippen LogP contribution in [0.5, 0.6) is 11.5 Å². The second kappa shape index (κ2) is 15.1. The minimum Gasteiger partial charge on any atom is -0.493 e. The molecular formula is C33H45NO8. The van der Waals surface area contributed by atoms with Crippen molar-refractivity contribution in [3.05, 3.63) is 47.6 Å². The van der Waals surface area contributed by atoms with E-state index in [9.17, 15) is 19.2 Å². The van der Waals surface area contributed by atoms with Crippen LogP contribution in [0.4, 0.5) is 0 Å². The monoisotopic (exact) mass is 583 g/mol. The number of amides is 1. The first-order valence-electron chi connectivity index (χ1n) is 14.8. The molecule has 3 atom stereocenters. The first-order valence-corrected chi connectivity index (χ1v) is 14.8. The van der Waals surface area contributed by atoms with Crippen molar-refractivity contribution in [2.45, 2.75) is 84.3 Å². The number of hydrogen-bond donors (Lipinski definition) is 1. The first-order chi connectivity index (χ1) is 20.0. The van der Waals surface area contributed by atoms with E-state index >= 15 is 0 Å². The van der Waals surface area contributed by atoms with Gasteiger partial charge < -0.3 is 24.2 Å². The van der Waals surface area contributed by atoms with Crippen LogP contribution >= 0.6 is 0 Å². The predicted octanol–water partition coefficient (Wildman–Crippen LogP) is 4.95. The Bertz CT molecular complexity index is 1200. The van der Waals surface area contributed by atoms with E-state index in [-0.39, 0.29) is 18.1 Å². The average Bonchev–Trinajstić information content (AvgIpc) is 3.01. The van der Waals surface area contributed by atoms with Gasteiger partial charge in [-0.15, -0.1) is 0 Å². The van der Waals surface area contributed by atoms with E-state index in [0.29, 0.717) is 50.1 Å². The smallest absolute Gasteiger partial charge is 0.329 e. The van der Waals surface area contributed by atoms with Gasteiger partial charge in [-0.25, -0.2) is 4.79 Å². The highest BCUT2D eigenvalue weighted by atomic mass is 16.5. The minimum absolute atomic E-state index is 0.0547. The maximum absolute atomic E-state index is 13.9. The summed E-state index contributed by atoms with van der Waals surface area (Å²) in [6.07, 6.45) is 9.89. The molecule has 9 heteroatoms. The number of rotatable bonds is 15. The number of carbonyl (C=O) groups excluding carboxylic acids is 3. The van der Waals surface area contributed by atoms with Crippen molar-refractivity contribution in [3.8, 4) is 11.5 Å². The Hall–Kier alpha value is -3.46. The number of hydrogen-bond acceptors (Lipinski definition) is 7. The van der Waals surface area contributed by atoms with Gasteiger partial charge in [0.05, 0.1) is 26.4 Å². The van der Waals surface area contributed by atoms with Crippen molar-refractivity contribution in [1.82, 2.24) is 4.90 Å². The number of ether oxygens (including phenoxy) is 3. The van der Waals surface area contributed by atoms with Crippen molar-refractivity contribution < 1.29 is 38.5 Å². The van der Waals surface area contributed by atoms with Gasteiger partial charge in [-0.1, -0.05) is 50.6 Å². The number of carboxylic acid groups (broad SMARTS) is 1. The maximum atomic E-state index is 13.9. The Labute approximate surface area is 248 Å². The molecule has 230 valence electrons. The fourth-order valence-corrected chi connectivity index (χ4v) is 5.53. The molecule has 1 saturated heterocycles. The summed E-state index contributed by atoms with van der Waals surface area (Å²) in [4.78, 5) is 52.8. The predicted molar refractivity (Wildman–Crippen MR) is 159 cm³/mol. The molecular weight excluding hydrogens is 538 g/mol. The number of nitrogens with zero attached hydrogens (tertiary/aromatic N) is 1. The molecule has 1 aliphatic carbocycles. The number of methoxy groups -OCH3 is 2. The van der Waals surface area contributed by atoms with Crippen LogP contribution in [0.2, 0.25) is 0 Å². The number of aryl methyl sites for hydroxylation is 1.